The summed E-state index contributed by atoms with van der Waals surface area (Å²) >= 11 is 0. The third kappa shape index (κ3) is 5.51. The molecule has 1 atom stereocenters. The first-order valence-corrected chi connectivity index (χ1v) is 8.61. The maximum atomic E-state index is 5.44. The molecule has 1 saturated heterocycles. The lowest BCUT2D eigenvalue weighted by atomic mass is 10.2. The Labute approximate surface area is 151 Å². The molecule has 0 saturated carbocycles. The molecule has 0 bridgehead atoms. The van der Waals surface area contributed by atoms with Gasteiger partial charge in [-0.05, 0) is 26.2 Å². The van der Waals surface area contributed by atoms with E-state index in [-0.39, 0.29) is 0 Å². The molecular formula is C18H31N5O2. The van der Waals surface area contributed by atoms with Gasteiger partial charge in [0.15, 0.2) is 5.96 Å². The van der Waals surface area contributed by atoms with Crippen molar-refractivity contribution in [1.29, 1.82) is 0 Å². The highest BCUT2D eigenvalue weighted by Crippen LogP contribution is 2.24. The third-order valence-electron chi connectivity index (χ3n) is 4.65. The molecule has 140 valence electrons. The number of ether oxygens (including phenoxy) is 2. The molecule has 1 aromatic rings. The highest BCUT2D eigenvalue weighted by Gasteiger charge is 2.22. The van der Waals surface area contributed by atoms with Crippen LogP contribution in [-0.2, 0) is 6.54 Å². The van der Waals surface area contributed by atoms with Crippen LogP contribution in [0.5, 0.6) is 11.5 Å². The van der Waals surface area contributed by atoms with Crippen molar-refractivity contribution >= 4 is 5.96 Å². The number of benzene rings is 1. The second kappa shape index (κ2) is 9.48. The summed E-state index contributed by atoms with van der Waals surface area (Å²) in [4.78, 5) is 9.08. The quantitative estimate of drug-likeness (QED) is 0.580. The fourth-order valence-corrected chi connectivity index (χ4v) is 2.93. The Kier molecular flexibility index (Phi) is 7.33. The van der Waals surface area contributed by atoms with Crippen LogP contribution in [0.1, 0.15) is 5.56 Å². The van der Waals surface area contributed by atoms with Crippen molar-refractivity contribution in [2.24, 2.45) is 4.99 Å². The van der Waals surface area contributed by atoms with Crippen LogP contribution in [0.25, 0.3) is 0 Å². The number of hydrogen-bond acceptors (Lipinski definition) is 5. The minimum atomic E-state index is 0.479. The van der Waals surface area contributed by atoms with Gasteiger partial charge < -0.3 is 25.0 Å². The van der Waals surface area contributed by atoms with Gasteiger partial charge in [0.05, 0.1) is 14.2 Å². The molecule has 1 heterocycles. The molecule has 0 aliphatic carbocycles. The lowest BCUT2D eigenvalue weighted by Gasteiger charge is -2.37. The van der Waals surface area contributed by atoms with Gasteiger partial charge in [0.1, 0.15) is 11.5 Å². The minimum Gasteiger partial charge on any atom is -0.497 e. The topological polar surface area (TPSA) is 61.4 Å². The highest BCUT2D eigenvalue weighted by atomic mass is 16.5. The van der Waals surface area contributed by atoms with Gasteiger partial charge in [0, 0.05) is 57.4 Å². The van der Waals surface area contributed by atoms with E-state index < -0.39 is 0 Å². The highest BCUT2D eigenvalue weighted by molar-refractivity contribution is 5.79. The molecule has 0 amide bonds. The maximum absolute atomic E-state index is 5.44. The number of hydrogen-bond donors (Lipinski definition) is 2. The summed E-state index contributed by atoms with van der Waals surface area (Å²) in [5.74, 6) is 2.38. The Hall–Kier alpha value is -1.99. The Balaban J connectivity index is 1.88. The van der Waals surface area contributed by atoms with Gasteiger partial charge in [-0.3, -0.25) is 9.89 Å². The van der Waals surface area contributed by atoms with Crippen LogP contribution in [0.3, 0.4) is 0 Å². The van der Waals surface area contributed by atoms with Gasteiger partial charge >= 0.3 is 0 Å². The van der Waals surface area contributed by atoms with E-state index in [9.17, 15) is 0 Å². The van der Waals surface area contributed by atoms with E-state index in [2.05, 4.69) is 39.5 Å². The van der Waals surface area contributed by atoms with Crippen LogP contribution in [0, 0.1) is 0 Å². The number of likely N-dealkylation sites (N-methyl/N-ethyl adjacent to an activating group) is 2. The first-order chi connectivity index (χ1) is 12.1. The Bertz CT molecular complexity index is 579. The molecule has 2 N–H and O–H groups in total. The number of nitrogens with zero attached hydrogens (tertiary/aromatic N) is 3. The zero-order chi connectivity index (χ0) is 18.2. The van der Waals surface area contributed by atoms with Crippen LogP contribution in [0.4, 0.5) is 0 Å². The van der Waals surface area contributed by atoms with Crippen LogP contribution in [-0.4, -0.2) is 83.3 Å². The summed E-state index contributed by atoms with van der Waals surface area (Å²) in [6.07, 6.45) is 0. The van der Waals surface area contributed by atoms with Gasteiger partial charge in [-0.25, -0.2) is 0 Å². The van der Waals surface area contributed by atoms with E-state index in [1.54, 1.807) is 21.3 Å². The second-order valence-electron chi connectivity index (χ2n) is 6.38. The van der Waals surface area contributed by atoms with Gasteiger partial charge in [-0.1, -0.05) is 0 Å². The molecule has 0 spiro atoms. The largest absolute Gasteiger partial charge is 0.497 e. The maximum Gasteiger partial charge on any atom is 0.191 e. The number of piperazine rings is 1. The van der Waals surface area contributed by atoms with E-state index in [0.29, 0.717) is 12.6 Å². The van der Waals surface area contributed by atoms with Crippen molar-refractivity contribution < 1.29 is 9.47 Å². The molecule has 0 radical (unpaired) electrons. The van der Waals surface area contributed by atoms with E-state index in [4.69, 9.17) is 9.47 Å². The van der Waals surface area contributed by atoms with E-state index in [0.717, 1.165) is 49.2 Å². The van der Waals surface area contributed by atoms with Crippen LogP contribution in [0.15, 0.2) is 23.2 Å². The summed E-state index contributed by atoms with van der Waals surface area (Å²) in [6.45, 7) is 4.77. The molecule has 1 fully saturated rings. The zero-order valence-electron chi connectivity index (χ0n) is 16.0. The molecule has 1 unspecified atom stereocenters. The fraction of sp³-hybridized carbons (Fsp3) is 0.611. The summed E-state index contributed by atoms with van der Waals surface area (Å²) in [5.41, 5.74) is 1.06. The minimum absolute atomic E-state index is 0.479. The molecule has 2 rings (SSSR count). The summed E-state index contributed by atoms with van der Waals surface area (Å²) in [5, 5.41) is 6.77. The standard InChI is InChI=1S/C18H31N5O2/c1-19-18(21-12-15-13-22(2)8-9-23(15)3)20-11-14-6-7-16(24-4)10-17(14)25-5/h6-7,10,15H,8-9,11-13H2,1-5H3,(H2,19,20,21). The fourth-order valence-electron chi connectivity index (χ4n) is 2.93. The van der Waals surface area contributed by atoms with E-state index in [1.165, 1.54) is 0 Å². The van der Waals surface area contributed by atoms with Crippen LogP contribution >= 0.6 is 0 Å². The normalized spacial score (nSPS) is 19.6. The zero-order valence-corrected chi connectivity index (χ0v) is 16.0. The van der Waals surface area contributed by atoms with Crippen molar-refractivity contribution in [2.75, 3.05) is 61.5 Å². The van der Waals surface area contributed by atoms with Gasteiger partial charge in [0.25, 0.3) is 0 Å². The van der Waals surface area contributed by atoms with Gasteiger partial charge in [-0.2, -0.15) is 0 Å². The average molecular weight is 349 g/mol. The molecular weight excluding hydrogens is 318 g/mol. The number of guanidine groups is 1. The van der Waals surface area contributed by atoms with Crippen LogP contribution < -0.4 is 20.1 Å². The Morgan fingerprint density at radius 2 is 2.00 bits per heavy atom. The summed E-state index contributed by atoms with van der Waals surface area (Å²) < 4.78 is 10.7. The number of nitrogens with one attached hydrogen (secondary N) is 2. The Morgan fingerprint density at radius 1 is 1.20 bits per heavy atom. The lowest BCUT2D eigenvalue weighted by molar-refractivity contribution is 0.116. The van der Waals surface area contributed by atoms with Gasteiger partial charge in [-0.15, -0.1) is 0 Å². The number of methoxy groups -OCH3 is 2. The predicted octanol–water partition coefficient (Wildman–Crippen LogP) is 0.615. The van der Waals surface area contributed by atoms with Crippen molar-refractivity contribution in [2.45, 2.75) is 12.6 Å². The van der Waals surface area contributed by atoms with Crippen molar-refractivity contribution in [3.63, 3.8) is 0 Å². The Morgan fingerprint density at radius 3 is 2.68 bits per heavy atom. The summed E-state index contributed by atoms with van der Waals surface area (Å²) in [7, 11) is 9.46. The van der Waals surface area contributed by atoms with E-state index in [1.807, 2.05) is 18.2 Å². The second-order valence-corrected chi connectivity index (χ2v) is 6.38. The number of aliphatic imine (C=N–C) groups is 1. The number of rotatable bonds is 6. The first-order valence-electron chi connectivity index (χ1n) is 8.61. The molecule has 7 nitrogen and oxygen atoms in total. The smallest absolute Gasteiger partial charge is 0.191 e. The van der Waals surface area contributed by atoms with Crippen LogP contribution in [0.2, 0.25) is 0 Å². The predicted molar refractivity (Wildman–Crippen MR) is 102 cm³/mol. The van der Waals surface area contributed by atoms with Gasteiger partial charge in [0.2, 0.25) is 0 Å². The molecule has 1 aromatic carbocycles. The molecule has 1 aliphatic rings. The molecule has 0 aromatic heterocycles. The third-order valence-corrected chi connectivity index (χ3v) is 4.65. The molecule has 25 heavy (non-hydrogen) atoms. The van der Waals surface area contributed by atoms with Crippen molar-refractivity contribution in [3.05, 3.63) is 23.8 Å². The monoisotopic (exact) mass is 349 g/mol. The lowest BCUT2D eigenvalue weighted by Crippen LogP contribution is -2.55. The SMILES string of the molecule is CN=C(NCc1ccc(OC)cc1OC)NCC1CN(C)CCN1C. The van der Waals surface area contributed by atoms with Crippen molar-refractivity contribution in [1.82, 2.24) is 20.4 Å². The summed E-state index contributed by atoms with van der Waals surface area (Å²) in [6, 6.07) is 6.30. The molecule has 1 aliphatic heterocycles. The van der Waals surface area contributed by atoms with E-state index >= 15 is 0 Å². The first kappa shape index (κ1) is 19.3. The average Bonchev–Trinajstić information content (AvgIpc) is 2.64. The van der Waals surface area contributed by atoms with Crippen molar-refractivity contribution in [3.8, 4) is 11.5 Å². The molecule has 7 heteroatoms.